The normalized spacial score (nSPS) is 25.6. The van der Waals surface area contributed by atoms with E-state index in [0.29, 0.717) is 5.41 Å². The van der Waals surface area contributed by atoms with Crippen LogP contribution in [0.5, 0.6) is 0 Å². The first-order chi connectivity index (χ1) is 12.5. The minimum Gasteiger partial charge on any atom is -0.357 e. The number of carbonyl (C=O) groups is 1. The molecule has 1 amide bonds. The first-order valence-electron chi connectivity index (χ1n) is 10.5. The molecule has 0 aromatic heterocycles. The second-order valence-electron chi connectivity index (χ2n) is 8.54. The van der Waals surface area contributed by atoms with Gasteiger partial charge in [0, 0.05) is 46.8 Å². The molecule has 2 aliphatic heterocycles. The Morgan fingerprint density at radius 3 is 2.65 bits per heavy atom. The fourth-order valence-corrected chi connectivity index (χ4v) is 4.76. The van der Waals surface area contributed by atoms with Crippen LogP contribution in [0.4, 0.5) is 0 Å². The summed E-state index contributed by atoms with van der Waals surface area (Å²) in [7, 11) is 3.72. The average Bonchev–Trinajstić information content (AvgIpc) is 3.23. The van der Waals surface area contributed by atoms with Crippen molar-refractivity contribution in [3.05, 3.63) is 0 Å². The number of guanidine groups is 1. The van der Waals surface area contributed by atoms with Crippen LogP contribution in [0.1, 0.15) is 51.9 Å². The summed E-state index contributed by atoms with van der Waals surface area (Å²) in [5.41, 5.74) is 0.603. The van der Waals surface area contributed by atoms with Gasteiger partial charge in [0.15, 0.2) is 5.96 Å². The van der Waals surface area contributed by atoms with Crippen molar-refractivity contribution in [2.24, 2.45) is 10.4 Å². The summed E-state index contributed by atoms with van der Waals surface area (Å²) >= 11 is 0. The molecule has 148 valence electrons. The van der Waals surface area contributed by atoms with Crippen LogP contribution in [0.25, 0.3) is 0 Å². The van der Waals surface area contributed by atoms with E-state index in [9.17, 15) is 4.79 Å². The maximum Gasteiger partial charge on any atom is 0.239 e. The molecule has 1 aliphatic carbocycles. The molecule has 2 heterocycles. The van der Waals surface area contributed by atoms with E-state index in [2.05, 4.69) is 22.0 Å². The highest BCUT2D eigenvalue weighted by Gasteiger charge is 2.43. The molecule has 0 aromatic rings. The molecule has 1 spiro atoms. The van der Waals surface area contributed by atoms with Crippen molar-refractivity contribution in [1.82, 2.24) is 20.0 Å². The third kappa shape index (κ3) is 4.33. The van der Waals surface area contributed by atoms with Crippen molar-refractivity contribution >= 4 is 11.9 Å². The van der Waals surface area contributed by atoms with Crippen LogP contribution in [0.2, 0.25) is 0 Å². The summed E-state index contributed by atoms with van der Waals surface area (Å²) in [5, 5.41) is 3.48. The molecule has 1 saturated carbocycles. The number of nitrogens with one attached hydrogen (secondary N) is 1. The van der Waals surface area contributed by atoms with Gasteiger partial charge in [-0.3, -0.25) is 14.7 Å². The molecule has 26 heavy (non-hydrogen) atoms. The fraction of sp³-hybridized carbons (Fsp3) is 0.900. The fourth-order valence-electron chi connectivity index (χ4n) is 4.76. The van der Waals surface area contributed by atoms with Crippen molar-refractivity contribution < 1.29 is 4.79 Å². The standard InChI is InChI=1S/C20H37N5O/c1-4-21-19(25-15-11-20(16-25)9-6-10-20)22-12-7-14-24-13-5-8-17(24)18(26)23(2)3/h17H,4-16H2,1-3H3,(H,21,22). The summed E-state index contributed by atoms with van der Waals surface area (Å²) in [6, 6.07) is 0.0827. The number of amides is 1. The van der Waals surface area contributed by atoms with E-state index in [1.807, 2.05) is 14.1 Å². The van der Waals surface area contributed by atoms with Crippen molar-refractivity contribution in [1.29, 1.82) is 0 Å². The number of rotatable bonds is 6. The zero-order valence-corrected chi connectivity index (χ0v) is 17.0. The van der Waals surface area contributed by atoms with Crippen LogP contribution in [-0.2, 0) is 4.79 Å². The first kappa shape index (κ1) is 19.5. The van der Waals surface area contributed by atoms with Gasteiger partial charge in [0.1, 0.15) is 0 Å². The van der Waals surface area contributed by atoms with Gasteiger partial charge in [-0.1, -0.05) is 6.42 Å². The highest BCUT2D eigenvalue weighted by Crippen LogP contribution is 2.47. The predicted octanol–water partition coefficient (Wildman–Crippen LogP) is 1.77. The maximum absolute atomic E-state index is 12.3. The third-order valence-electron chi connectivity index (χ3n) is 6.44. The van der Waals surface area contributed by atoms with E-state index in [-0.39, 0.29) is 11.9 Å². The molecule has 1 N–H and O–H groups in total. The second-order valence-corrected chi connectivity index (χ2v) is 8.54. The third-order valence-corrected chi connectivity index (χ3v) is 6.44. The largest absolute Gasteiger partial charge is 0.357 e. The number of likely N-dealkylation sites (N-methyl/N-ethyl adjacent to an activating group) is 1. The van der Waals surface area contributed by atoms with E-state index in [4.69, 9.17) is 4.99 Å². The van der Waals surface area contributed by atoms with Crippen LogP contribution in [0.15, 0.2) is 4.99 Å². The van der Waals surface area contributed by atoms with E-state index < -0.39 is 0 Å². The number of aliphatic imine (C=N–C) groups is 1. The van der Waals surface area contributed by atoms with E-state index in [1.54, 1.807) is 4.90 Å². The number of likely N-dealkylation sites (tertiary alicyclic amines) is 2. The Balaban J connectivity index is 1.47. The van der Waals surface area contributed by atoms with Gasteiger partial charge in [-0.15, -0.1) is 0 Å². The lowest BCUT2D eigenvalue weighted by atomic mass is 9.68. The Kier molecular flexibility index (Phi) is 6.43. The molecule has 1 atom stereocenters. The van der Waals surface area contributed by atoms with E-state index >= 15 is 0 Å². The lowest BCUT2D eigenvalue weighted by Gasteiger charge is -2.38. The zero-order chi connectivity index (χ0) is 18.6. The molecule has 3 fully saturated rings. The lowest BCUT2D eigenvalue weighted by molar-refractivity contribution is -0.133. The van der Waals surface area contributed by atoms with Gasteiger partial charge < -0.3 is 15.1 Å². The molecule has 0 radical (unpaired) electrons. The number of hydrogen-bond donors (Lipinski definition) is 1. The van der Waals surface area contributed by atoms with Crippen molar-refractivity contribution in [3.8, 4) is 0 Å². The van der Waals surface area contributed by atoms with Crippen LogP contribution in [0.3, 0.4) is 0 Å². The highest BCUT2D eigenvalue weighted by atomic mass is 16.2. The summed E-state index contributed by atoms with van der Waals surface area (Å²) < 4.78 is 0. The summed E-state index contributed by atoms with van der Waals surface area (Å²) in [6.07, 6.45) is 8.69. The highest BCUT2D eigenvalue weighted by molar-refractivity contribution is 5.81. The van der Waals surface area contributed by atoms with Crippen molar-refractivity contribution in [2.75, 3.05) is 53.4 Å². The predicted molar refractivity (Wildman–Crippen MR) is 106 cm³/mol. The lowest BCUT2D eigenvalue weighted by Crippen LogP contribution is -2.43. The molecule has 0 aromatic carbocycles. The van der Waals surface area contributed by atoms with Crippen LogP contribution < -0.4 is 5.32 Å². The van der Waals surface area contributed by atoms with Gasteiger partial charge in [-0.2, -0.15) is 0 Å². The zero-order valence-electron chi connectivity index (χ0n) is 17.0. The first-order valence-corrected chi connectivity index (χ1v) is 10.5. The van der Waals surface area contributed by atoms with E-state index in [1.165, 1.54) is 32.2 Å². The van der Waals surface area contributed by atoms with Gasteiger partial charge >= 0.3 is 0 Å². The Morgan fingerprint density at radius 1 is 1.23 bits per heavy atom. The molecular formula is C20H37N5O. The molecule has 3 aliphatic rings. The Bertz CT molecular complexity index is 514. The topological polar surface area (TPSA) is 51.2 Å². The minimum absolute atomic E-state index is 0.0827. The molecule has 1 unspecified atom stereocenters. The smallest absolute Gasteiger partial charge is 0.239 e. The van der Waals surface area contributed by atoms with Crippen molar-refractivity contribution in [3.63, 3.8) is 0 Å². The summed E-state index contributed by atoms with van der Waals surface area (Å²) in [6.45, 7) is 8.26. The number of nitrogens with zero attached hydrogens (tertiary/aromatic N) is 4. The van der Waals surface area contributed by atoms with Crippen LogP contribution >= 0.6 is 0 Å². The Morgan fingerprint density at radius 2 is 2.04 bits per heavy atom. The molecular weight excluding hydrogens is 326 g/mol. The molecule has 6 nitrogen and oxygen atoms in total. The van der Waals surface area contributed by atoms with Gasteiger partial charge in [0.25, 0.3) is 0 Å². The van der Waals surface area contributed by atoms with Gasteiger partial charge in [0.05, 0.1) is 6.04 Å². The molecule has 3 rings (SSSR count). The molecule has 0 bridgehead atoms. The Labute approximate surface area is 159 Å². The number of carbonyl (C=O) groups excluding carboxylic acids is 1. The quantitative estimate of drug-likeness (QED) is 0.444. The summed E-state index contributed by atoms with van der Waals surface area (Å²) in [4.78, 5) is 23.7. The van der Waals surface area contributed by atoms with E-state index in [0.717, 1.165) is 57.9 Å². The molecule has 2 saturated heterocycles. The van der Waals surface area contributed by atoms with Gasteiger partial charge in [-0.25, -0.2) is 0 Å². The van der Waals surface area contributed by atoms with Crippen molar-refractivity contribution in [2.45, 2.75) is 57.9 Å². The van der Waals surface area contributed by atoms with Crippen LogP contribution in [0, 0.1) is 5.41 Å². The second kappa shape index (κ2) is 8.59. The monoisotopic (exact) mass is 363 g/mol. The molecule has 6 heteroatoms. The van der Waals surface area contributed by atoms with Crippen LogP contribution in [-0.4, -0.2) is 86.0 Å². The summed E-state index contributed by atoms with van der Waals surface area (Å²) in [5.74, 6) is 1.35. The average molecular weight is 364 g/mol. The SMILES string of the molecule is CCNC(=NCCCN1CCCC1C(=O)N(C)C)N1CCC2(CCC2)C1. The van der Waals surface area contributed by atoms with Gasteiger partial charge in [0.2, 0.25) is 5.91 Å². The maximum atomic E-state index is 12.3. The Hall–Kier alpha value is -1.30. The van der Waals surface area contributed by atoms with Gasteiger partial charge in [-0.05, 0) is 57.4 Å². The minimum atomic E-state index is 0.0827. The number of hydrogen-bond acceptors (Lipinski definition) is 3.